The molecule has 0 aliphatic rings. The summed E-state index contributed by atoms with van der Waals surface area (Å²) in [6.07, 6.45) is 11.0. The third kappa shape index (κ3) is 7.93. The minimum absolute atomic E-state index is 0.0742. The number of unbranched alkanes of at least 4 members (excludes halogenated alkanes) is 5. The monoisotopic (exact) mass is 308 g/mol. The van der Waals surface area contributed by atoms with Gasteiger partial charge in [-0.25, -0.2) is 4.39 Å². The average molecular weight is 308 g/mol. The van der Waals surface area contributed by atoms with E-state index in [0.717, 1.165) is 18.4 Å². The van der Waals surface area contributed by atoms with Crippen LogP contribution >= 0.6 is 0 Å². The quantitative estimate of drug-likeness (QED) is 0.393. The van der Waals surface area contributed by atoms with E-state index in [9.17, 15) is 4.39 Å². The van der Waals surface area contributed by atoms with Crippen molar-refractivity contribution in [3.05, 3.63) is 35.6 Å². The van der Waals surface area contributed by atoms with Gasteiger partial charge in [0.15, 0.2) is 0 Å². The minimum Gasteiger partial charge on any atom is -0.371 e. The number of rotatable bonds is 12. The lowest BCUT2D eigenvalue weighted by Crippen LogP contribution is -2.28. The Hall–Kier alpha value is -0.890. The molecular formula is C20H33FO. The highest BCUT2D eigenvalue weighted by Crippen LogP contribution is 2.27. The Morgan fingerprint density at radius 3 is 2.23 bits per heavy atom. The second kappa shape index (κ2) is 10.8. The summed E-state index contributed by atoms with van der Waals surface area (Å²) in [5.41, 5.74) is 0.852. The van der Waals surface area contributed by atoms with Crippen molar-refractivity contribution in [2.45, 2.75) is 90.8 Å². The Labute approximate surface area is 136 Å². The second-order valence-corrected chi connectivity index (χ2v) is 6.64. The summed E-state index contributed by atoms with van der Waals surface area (Å²) in [6.45, 7) is 7.20. The first-order valence-corrected chi connectivity index (χ1v) is 8.98. The van der Waals surface area contributed by atoms with E-state index < -0.39 is 0 Å². The van der Waals surface area contributed by atoms with Crippen LogP contribution in [0.15, 0.2) is 24.3 Å². The largest absolute Gasteiger partial charge is 0.371 e. The van der Waals surface area contributed by atoms with Gasteiger partial charge in [-0.1, -0.05) is 70.9 Å². The first-order valence-electron chi connectivity index (χ1n) is 8.98. The summed E-state index contributed by atoms with van der Waals surface area (Å²) in [6, 6.07) is 6.74. The van der Waals surface area contributed by atoms with Crippen molar-refractivity contribution >= 4 is 0 Å². The molecule has 1 unspecified atom stereocenters. The summed E-state index contributed by atoms with van der Waals surface area (Å²) in [5.74, 6) is -0.184. The molecule has 22 heavy (non-hydrogen) atoms. The van der Waals surface area contributed by atoms with Gasteiger partial charge >= 0.3 is 0 Å². The zero-order valence-electron chi connectivity index (χ0n) is 14.7. The summed E-state index contributed by atoms with van der Waals surface area (Å²) in [7, 11) is 0. The van der Waals surface area contributed by atoms with Gasteiger partial charge in [-0.05, 0) is 37.5 Å². The molecule has 2 heteroatoms. The standard InChI is InChI=1S/C20H33FO/c1-4-6-8-10-15-20(3,14-9-7-5-2)22-17-18-12-11-13-19(21)16-18/h11-13,16H,4-10,14-15,17H2,1-3H3. The molecule has 0 amide bonds. The molecule has 0 saturated heterocycles. The van der Waals surface area contributed by atoms with Gasteiger partial charge in [0.25, 0.3) is 0 Å². The molecule has 0 fully saturated rings. The van der Waals surface area contributed by atoms with E-state index in [-0.39, 0.29) is 11.4 Å². The highest BCUT2D eigenvalue weighted by molar-refractivity contribution is 5.15. The van der Waals surface area contributed by atoms with Crippen LogP contribution < -0.4 is 0 Å². The van der Waals surface area contributed by atoms with E-state index in [0.29, 0.717) is 6.61 Å². The van der Waals surface area contributed by atoms with Gasteiger partial charge in [0.2, 0.25) is 0 Å². The Morgan fingerprint density at radius 1 is 0.955 bits per heavy atom. The van der Waals surface area contributed by atoms with Crippen molar-refractivity contribution in [1.82, 2.24) is 0 Å². The van der Waals surface area contributed by atoms with E-state index in [1.807, 2.05) is 6.07 Å². The molecule has 1 aromatic rings. The summed E-state index contributed by atoms with van der Waals surface area (Å²) in [4.78, 5) is 0. The maximum atomic E-state index is 13.3. The van der Waals surface area contributed by atoms with Gasteiger partial charge in [-0.2, -0.15) is 0 Å². The molecule has 126 valence electrons. The highest BCUT2D eigenvalue weighted by atomic mass is 19.1. The van der Waals surface area contributed by atoms with Crippen molar-refractivity contribution in [3.63, 3.8) is 0 Å². The minimum atomic E-state index is -0.184. The smallest absolute Gasteiger partial charge is 0.123 e. The normalized spacial score (nSPS) is 14.0. The van der Waals surface area contributed by atoms with Crippen molar-refractivity contribution in [2.24, 2.45) is 0 Å². The molecule has 0 spiro atoms. The lowest BCUT2D eigenvalue weighted by Gasteiger charge is -2.30. The van der Waals surface area contributed by atoms with E-state index in [4.69, 9.17) is 4.74 Å². The molecular weight excluding hydrogens is 275 g/mol. The first-order chi connectivity index (χ1) is 10.6. The Balaban J connectivity index is 2.51. The van der Waals surface area contributed by atoms with Crippen LogP contribution in [-0.2, 0) is 11.3 Å². The number of halogens is 1. The fraction of sp³-hybridized carbons (Fsp3) is 0.700. The zero-order valence-corrected chi connectivity index (χ0v) is 14.7. The van der Waals surface area contributed by atoms with E-state index >= 15 is 0 Å². The van der Waals surface area contributed by atoms with Crippen LogP contribution in [0.4, 0.5) is 4.39 Å². The average Bonchev–Trinajstić information content (AvgIpc) is 2.50. The van der Waals surface area contributed by atoms with Crippen molar-refractivity contribution < 1.29 is 9.13 Å². The molecule has 0 bridgehead atoms. The molecule has 0 radical (unpaired) electrons. The fourth-order valence-corrected chi connectivity index (χ4v) is 2.83. The first kappa shape index (κ1) is 19.2. The molecule has 0 aromatic heterocycles. The summed E-state index contributed by atoms with van der Waals surface area (Å²) >= 11 is 0. The molecule has 1 rings (SSSR count). The Kier molecular flexibility index (Phi) is 9.38. The third-order valence-electron chi connectivity index (χ3n) is 4.34. The van der Waals surface area contributed by atoms with Gasteiger partial charge in [-0.3, -0.25) is 0 Å². The molecule has 0 aliphatic heterocycles. The van der Waals surface area contributed by atoms with Crippen LogP contribution in [0.5, 0.6) is 0 Å². The Morgan fingerprint density at radius 2 is 1.59 bits per heavy atom. The van der Waals surface area contributed by atoms with Crippen LogP contribution in [-0.4, -0.2) is 5.60 Å². The maximum Gasteiger partial charge on any atom is 0.123 e. The lowest BCUT2D eigenvalue weighted by molar-refractivity contribution is -0.0576. The van der Waals surface area contributed by atoms with Crippen LogP contribution in [0.25, 0.3) is 0 Å². The SMILES string of the molecule is CCCCCCC(C)(CCCCC)OCc1cccc(F)c1. The molecule has 0 N–H and O–H groups in total. The molecule has 1 nitrogen and oxygen atoms in total. The molecule has 1 aromatic carbocycles. The number of ether oxygens (including phenoxy) is 1. The van der Waals surface area contributed by atoms with E-state index in [1.54, 1.807) is 12.1 Å². The third-order valence-corrected chi connectivity index (χ3v) is 4.34. The predicted molar refractivity (Wildman–Crippen MR) is 92.5 cm³/mol. The number of benzene rings is 1. The summed E-state index contributed by atoms with van der Waals surface area (Å²) < 4.78 is 19.5. The predicted octanol–water partition coefficient (Wildman–Crippen LogP) is 6.65. The van der Waals surface area contributed by atoms with Crippen LogP contribution in [0.3, 0.4) is 0 Å². The van der Waals surface area contributed by atoms with Crippen LogP contribution in [0, 0.1) is 5.82 Å². The molecule has 1 atom stereocenters. The van der Waals surface area contributed by atoms with Gasteiger partial charge in [0.05, 0.1) is 12.2 Å². The molecule has 0 heterocycles. The second-order valence-electron chi connectivity index (χ2n) is 6.64. The van der Waals surface area contributed by atoms with Gasteiger partial charge in [0, 0.05) is 0 Å². The molecule has 0 saturated carbocycles. The van der Waals surface area contributed by atoms with E-state index in [1.165, 1.54) is 51.0 Å². The van der Waals surface area contributed by atoms with Crippen molar-refractivity contribution in [2.75, 3.05) is 0 Å². The number of hydrogen-bond donors (Lipinski definition) is 0. The van der Waals surface area contributed by atoms with E-state index in [2.05, 4.69) is 20.8 Å². The molecule has 0 aliphatic carbocycles. The fourth-order valence-electron chi connectivity index (χ4n) is 2.83. The lowest BCUT2D eigenvalue weighted by atomic mass is 9.91. The topological polar surface area (TPSA) is 9.23 Å². The Bertz CT molecular complexity index is 404. The van der Waals surface area contributed by atoms with Crippen molar-refractivity contribution in [3.8, 4) is 0 Å². The van der Waals surface area contributed by atoms with Gasteiger partial charge in [-0.15, -0.1) is 0 Å². The summed E-state index contributed by atoms with van der Waals surface area (Å²) in [5, 5.41) is 0. The van der Waals surface area contributed by atoms with Gasteiger partial charge in [0.1, 0.15) is 5.82 Å². The van der Waals surface area contributed by atoms with Crippen LogP contribution in [0.2, 0.25) is 0 Å². The highest BCUT2D eigenvalue weighted by Gasteiger charge is 2.24. The maximum absolute atomic E-state index is 13.3. The number of hydrogen-bond acceptors (Lipinski definition) is 1. The van der Waals surface area contributed by atoms with Crippen LogP contribution in [0.1, 0.15) is 84.1 Å². The zero-order chi connectivity index (χ0) is 16.3. The van der Waals surface area contributed by atoms with Gasteiger partial charge < -0.3 is 4.74 Å². The van der Waals surface area contributed by atoms with Crippen molar-refractivity contribution in [1.29, 1.82) is 0 Å².